The highest BCUT2D eigenvalue weighted by Gasteiger charge is 2.17. The number of methoxy groups -OCH3 is 1. The minimum atomic E-state index is -0.0436. The molecule has 0 bridgehead atoms. The van der Waals surface area contributed by atoms with Gasteiger partial charge in [-0.15, -0.1) is 0 Å². The second kappa shape index (κ2) is 6.16. The first-order valence-corrected chi connectivity index (χ1v) is 7.46. The van der Waals surface area contributed by atoms with Crippen LogP contribution in [0.3, 0.4) is 0 Å². The molecule has 3 aromatic rings. The molecule has 23 heavy (non-hydrogen) atoms. The standard InChI is InChI=1S/C19H19NO3/c1-13-8-9-14(23-13)12-20(2)19(21)17-10-11-18(22-3)16-7-5-4-6-15(16)17/h4-11H,12H2,1-3H3. The second-order valence-corrected chi connectivity index (χ2v) is 5.53. The third-order valence-electron chi connectivity index (χ3n) is 3.87. The van der Waals surface area contributed by atoms with Crippen LogP contribution in [-0.4, -0.2) is 25.0 Å². The number of benzene rings is 2. The molecule has 0 fully saturated rings. The Hall–Kier alpha value is -2.75. The lowest BCUT2D eigenvalue weighted by Gasteiger charge is -2.18. The Kier molecular flexibility index (Phi) is 4.06. The van der Waals surface area contributed by atoms with Crippen molar-refractivity contribution < 1.29 is 13.9 Å². The fraction of sp³-hybridized carbons (Fsp3) is 0.211. The molecule has 0 aliphatic carbocycles. The molecule has 0 saturated heterocycles. The van der Waals surface area contributed by atoms with Crippen molar-refractivity contribution in [3.63, 3.8) is 0 Å². The van der Waals surface area contributed by atoms with Gasteiger partial charge in [0.1, 0.15) is 17.3 Å². The van der Waals surface area contributed by atoms with Crippen molar-refractivity contribution in [1.82, 2.24) is 4.90 Å². The summed E-state index contributed by atoms with van der Waals surface area (Å²) in [5.74, 6) is 2.34. The second-order valence-electron chi connectivity index (χ2n) is 5.53. The van der Waals surface area contributed by atoms with Gasteiger partial charge in [0, 0.05) is 18.0 Å². The number of rotatable bonds is 4. The minimum absolute atomic E-state index is 0.0436. The fourth-order valence-electron chi connectivity index (χ4n) is 2.72. The van der Waals surface area contributed by atoms with Crippen LogP contribution in [0.15, 0.2) is 52.9 Å². The van der Waals surface area contributed by atoms with E-state index in [-0.39, 0.29) is 5.91 Å². The summed E-state index contributed by atoms with van der Waals surface area (Å²) in [4.78, 5) is 14.5. The Morgan fingerprint density at radius 2 is 1.83 bits per heavy atom. The summed E-state index contributed by atoms with van der Waals surface area (Å²) in [6.07, 6.45) is 0. The largest absolute Gasteiger partial charge is 0.496 e. The van der Waals surface area contributed by atoms with Crippen molar-refractivity contribution >= 4 is 16.7 Å². The molecule has 0 unspecified atom stereocenters. The summed E-state index contributed by atoms with van der Waals surface area (Å²) >= 11 is 0. The van der Waals surface area contributed by atoms with Crippen LogP contribution >= 0.6 is 0 Å². The number of nitrogens with zero attached hydrogens (tertiary/aromatic N) is 1. The molecule has 0 aliphatic rings. The molecule has 3 rings (SSSR count). The van der Waals surface area contributed by atoms with E-state index in [2.05, 4.69) is 0 Å². The van der Waals surface area contributed by atoms with Crippen LogP contribution < -0.4 is 4.74 Å². The fourth-order valence-corrected chi connectivity index (χ4v) is 2.72. The molecule has 4 heteroatoms. The highest BCUT2D eigenvalue weighted by atomic mass is 16.5. The lowest BCUT2D eigenvalue weighted by Crippen LogP contribution is -2.26. The average Bonchev–Trinajstić information content (AvgIpc) is 2.98. The number of furan rings is 1. The Bertz CT molecular complexity index is 851. The summed E-state index contributed by atoms with van der Waals surface area (Å²) in [5.41, 5.74) is 0.659. The predicted molar refractivity (Wildman–Crippen MR) is 89.7 cm³/mol. The summed E-state index contributed by atoms with van der Waals surface area (Å²) in [5, 5.41) is 1.82. The van der Waals surface area contributed by atoms with E-state index in [9.17, 15) is 4.79 Å². The number of fused-ring (bicyclic) bond motifs is 1. The molecule has 0 atom stereocenters. The molecule has 0 saturated carbocycles. The van der Waals surface area contributed by atoms with Crippen LogP contribution in [0.4, 0.5) is 0 Å². The normalized spacial score (nSPS) is 10.7. The van der Waals surface area contributed by atoms with E-state index >= 15 is 0 Å². The van der Waals surface area contributed by atoms with Crippen LogP contribution in [0, 0.1) is 6.92 Å². The van der Waals surface area contributed by atoms with Gasteiger partial charge in [0.2, 0.25) is 0 Å². The maximum atomic E-state index is 12.8. The highest BCUT2D eigenvalue weighted by Crippen LogP contribution is 2.29. The van der Waals surface area contributed by atoms with Crippen LogP contribution in [0.1, 0.15) is 21.9 Å². The number of amides is 1. The molecule has 118 valence electrons. The molecule has 1 aromatic heterocycles. The zero-order valence-corrected chi connectivity index (χ0v) is 13.5. The quantitative estimate of drug-likeness (QED) is 0.731. The van der Waals surface area contributed by atoms with Gasteiger partial charge in [0.15, 0.2) is 0 Å². The number of hydrogen-bond donors (Lipinski definition) is 0. The molecule has 0 N–H and O–H groups in total. The Balaban J connectivity index is 1.94. The van der Waals surface area contributed by atoms with Crippen molar-refractivity contribution in [1.29, 1.82) is 0 Å². The van der Waals surface area contributed by atoms with Crippen LogP contribution in [0.5, 0.6) is 5.75 Å². The third kappa shape index (κ3) is 2.93. The van der Waals surface area contributed by atoms with Crippen LogP contribution in [0.25, 0.3) is 10.8 Å². The number of ether oxygens (including phenoxy) is 1. The van der Waals surface area contributed by atoms with Gasteiger partial charge in [-0.1, -0.05) is 24.3 Å². The van der Waals surface area contributed by atoms with E-state index < -0.39 is 0 Å². The summed E-state index contributed by atoms with van der Waals surface area (Å²) < 4.78 is 10.9. The lowest BCUT2D eigenvalue weighted by molar-refractivity contribution is 0.0777. The predicted octanol–water partition coefficient (Wildman–Crippen LogP) is 4.02. The Morgan fingerprint density at radius 3 is 2.48 bits per heavy atom. The van der Waals surface area contributed by atoms with Gasteiger partial charge in [0.05, 0.1) is 13.7 Å². The van der Waals surface area contributed by atoms with Gasteiger partial charge in [0.25, 0.3) is 5.91 Å². The molecule has 2 aromatic carbocycles. The molecule has 0 spiro atoms. The van der Waals surface area contributed by atoms with Gasteiger partial charge >= 0.3 is 0 Å². The van der Waals surface area contributed by atoms with Crippen LogP contribution in [-0.2, 0) is 6.54 Å². The van der Waals surface area contributed by atoms with Crippen molar-refractivity contribution in [2.75, 3.05) is 14.2 Å². The zero-order chi connectivity index (χ0) is 16.4. The van der Waals surface area contributed by atoms with Gasteiger partial charge in [-0.2, -0.15) is 0 Å². The van der Waals surface area contributed by atoms with E-state index in [1.165, 1.54) is 0 Å². The summed E-state index contributed by atoms with van der Waals surface area (Å²) in [7, 11) is 3.41. The molecule has 1 amide bonds. The van der Waals surface area contributed by atoms with Gasteiger partial charge in [-0.25, -0.2) is 0 Å². The SMILES string of the molecule is COc1ccc(C(=O)N(C)Cc2ccc(C)o2)c2ccccc12. The van der Waals surface area contributed by atoms with E-state index in [1.54, 1.807) is 19.1 Å². The Morgan fingerprint density at radius 1 is 1.09 bits per heavy atom. The van der Waals surface area contributed by atoms with E-state index in [0.717, 1.165) is 28.0 Å². The van der Waals surface area contributed by atoms with Crippen molar-refractivity contribution in [3.05, 3.63) is 65.6 Å². The molecule has 4 nitrogen and oxygen atoms in total. The van der Waals surface area contributed by atoms with Gasteiger partial charge in [-0.05, 0) is 36.6 Å². The first kappa shape index (κ1) is 15.2. The van der Waals surface area contributed by atoms with Crippen molar-refractivity contribution in [2.45, 2.75) is 13.5 Å². The molecular formula is C19H19NO3. The maximum absolute atomic E-state index is 12.8. The van der Waals surface area contributed by atoms with Crippen LogP contribution in [0.2, 0.25) is 0 Å². The van der Waals surface area contributed by atoms with E-state index in [4.69, 9.17) is 9.15 Å². The number of carbonyl (C=O) groups excluding carboxylic acids is 1. The summed E-state index contributed by atoms with van der Waals surface area (Å²) in [6.45, 7) is 2.33. The smallest absolute Gasteiger partial charge is 0.254 e. The first-order chi connectivity index (χ1) is 11.1. The topological polar surface area (TPSA) is 42.7 Å². The molecular weight excluding hydrogens is 290 g/mol. The third-order valence-corrected chi connectivity index (χ3v) is 3.87. The lowest BCUT2D eigenvalue weighted by atomic mass is 10.0. The number of hydrogen-bond acceptors (Lipinski definition) is 3. The van der Waals surface area contributed by atoms with Crippen molar-refractivity contribution in [2.24, 2.45) is 0 Å². The van der Waals surface area contributed by atoms with Gasteiger partial charge in [-0.3, -0.25) is 4.79 Å². The molecule has 1 heterocycles. The molecule has 0 aliphatic heterocycles. The summed E-state index contributed by atoms with van der Waals surface area (Å²) in [6, 6.07) is 15.2. The average molecular weight is 309 g/mol. The van der Waals surface area contributed by atoms with E-state index in [1.807, 2.05) is 55.5 Å². The monoisotopic (exact) mass is 309 g/mol. The highest BCUT2D eigenvalue weighted by molar-refractivity contribution is 6.08. The molecule has 0 radical (unpaired) electrons. The van der Waals surface area contributed by atoms with Gasteiger partial charge < -0.3 is 14.1 Å². The first-order valence-electron chi connectivity index (χ1n) is 7.46. The minimum Gasteiger partial charge on any atom is -0.496 e. The Labute approximate surface area is 135 Å². The maximum Gasteiger partial charge on any atom is 0.254 e. The number of aryl methyl sites for hydroxylation is 1. The number of carbonyl (C=O) groups is 1. The van der Waals surface area contributed by atoms with E-state index in [0.29, 0.717) is 12.1 Å². The zero-order valence-electron chi connectivity index (χ0n) is 13.5. The van der Waals surface area contributed by atoms with Crippen molar-refractivity contribution in [3.8, 4) is 5.75 Å².